The first-order valence-electron chi connectivity index (χ1n) is 7.90. The third-order valence-electron chi connectivity index (χ3n) is 4.16. The maximum Gasteiger partial charge on any atom is 0.223 e. The van der Waals surface area contributed by atoms with E-state index in [0.29, 0.717) is 30.5 Å². The maximum absolute atomic E-state index is 12.1. The zero-order chi connectivity index (χ0) is 15.9. The van der Waals surface area contributed by atoms with Gasteiger partial charge in [-0.1, -0.05) is 13.0 Å². The van der Waals surface area contributed by atoms with E-state index in [1.54, 1.807) is 14.2 Å². The summed E-state index contributed by atoms with van der Waals surface area (Å²) in [6.07, 6.45) is 2.62. The topological polar surface area (TPSA) is 50.8 Å². The molecule has 0 bridgehead atoms. The second kappa shape index (κ2) is 8.03. The van der Waals surface area contributed by atoms with Crippen molar-refractivity contribution >= 4 is 5.91 Å². The number of methoxy groups -OCH3 is 2. The number of amides is 1. The van der Waals surface area contributed by atoms with Gasteiger partial charge in [-0.15, -0.1) is 0 Å². The van der Waals surface area contributed by atoms with Gasteiger partial charge in [-0.05, 0) is 43.6 Å². The van der Waals surface area contributed by atoms with Crippen LogP contribution in [0.1, 0.15) is 31.7 Å². The van der Waals surface area contributed by atoms with E-state index in [1.165, 1.54) is 0 Å². The fraction of sp³-hybridized carbons (Fsp3) is 0.588. The molecule has 5 heteroatoms. The number of carbonyl (C=O) groups excluding carboxylic acids is 1. The van der Waals surface area contributed by atoms with E-state index in [-0.39, 0.29) is 5.91 Å². The SMILES string of the molecule is CCNCC[C@H]1CCC(=O)N1Cc1ccc(OC)c(OC)c1. The van der Waals surface area contributed by atoms with Gasteiger partial charge in [0, 0.05) is 19.0 Å². The van der Waals surface area contributed by atoms with Gasteiger partial charge in [-0.3, -0.25) is 4.79 Å². The molecule has 1 aliphatic rings. The average Bonchev–Trinajstić information content (AvgIpc) is 2.88. The predicted molar refractivity (Wildman–Crippen MR) is 86.3 cm³/mol. The number of hydrogen-bond donors (Lipinski definition) is 1. The van der Waals surface area contributed by atoms with E-state index in [1.807, 2.05) is 23.1 Å². The number of nitrogens with zero attached hydrogens (tertiary/aromatic N) is 1. The summed E-state index contributed by atoms with van der Waals surface area (Å²) < 4.78 is 10.6. The first-order chi connectivity index (χ1) is 10.7. The Morgan fingerprint density at radius 2 is 2.05 bits per heavy atom. The Labute approximate surface area is 132 Å². The molecule has 22 heavy (non-hydrogen) atoms. The number of carbonyl (C=O) groups is 1. The van der Waals surface area contributed by atoms with Crippen molar-refractivity contribution in [3.63, 3.8) is 0 Å². The molecule has 1 heterocycles. The monoisotopic (exact) mass is 306 g/mol. The first kappa shape index (κ1) is 16.6. The Hall–Kier alpha value is -1.75. The molecule has 1 fully saturated rings. The normalized spacial score (nSPS) is 17.9. The Kier molecular flexibility index (Phi) is 6.07. The molecule has 0 aromatic heterocycles. The van der Waals surface area contributed by atoms with Gasteiger partial charge in [0.1, 0.15) is 0 Å². The van der Waals surface area contributed by atoms with Crippen LogP contribution in [0.4, 0.5) is 0 Å². The Balaban J connectivity index is 2.05. The minimum Gasteiger partial charge on any atom is -0.493 e. The van der Waals surface area contributed by atoms with E-state index in [0.717, 1.165) is 31.5 Å². The summed E-state index contributed by atoms with van der Waals surface area (Å²) in [5.41, 5.74) is 1.07. The molecule has 5 nitrogen and oxygen atoms in total. The number of ether oxygens (including phenoxy) is 2. The van der Waals surface area contributed by atoms with Crippen LogP contribution in [0.15, 0.2) is 18.2 Å². The number of nitrogens with one attached hydrogen (secondary N) is 1. The van der Waals surface area contributed by atoms with Crippen molar-refractivity contribution < 1.29 is 14.3 Å². The van der Waals surface area contributed by atoms with Crippen LogP contribution in [0.5, 0.6) is 11.5 Å². The summed E-state index contributed by atoms with van der Waals surface area (Å²) in [4.78, 5) is 14.1. The zero-order valence-corrected chi connectivity index (χ0v) is 13.7. The van der Waals surface area contributed by atoms with Gasteiger partial charge in [0.05, 0.1) is 14.2 Å². The molecule has 1 atom stereocenters. The second-order valence-electron chi connectivity index (χ2n) is 5.55. The van der Waals surface area contributed by atoms with Crippen LogP contribution in [0, 0.1) is 0 Å². The van der Waals surface area contributed by atoms with Crippen LogP contribution in [-0.2, 0) is 11.3 Å². The van der Waals surface area contributed by atoms with Crippen LogP contribution in [0.3, 0.4) is 0 Å². The summed E-state index contributed by atoms with van der Waals surface area (Å²) >= 11 is 0. The van der Waals surface area contributed by atoms with Crippen LogP contribution in [0.2, 0.25) is 0 Å². The molecule has 0 radical (unpaired) electrons. The summed E-state index contributed by atoms with van der Waals surface area (Å²) in [5, 5.41) is 3.33. The van der Waals surface area contributed by atoms with Crippen LogP contribution >= 0.6 is 0 Å². The lowest BCUT2D eigenvalue weighted by molar-refractivity contribution is -0.129. The fourth-order valence-electron chi connectivity index (χ4n) is 2.93. The van der Waals surface area contributed by atoms with Gasteiger partial charge >= 0.3 is 0 Å². The zero-order valence-electron chi connectivity index (χ0n) is 13.7. The molecular weight excluding hydrogens is 280 g/mol. The van der Waals surface area contributed by atoms with E-state index < -0.39 is 0 Å². The Morgan fingerprint density at radius 1 is 1.27 bits per heavy atom. The van der Waals surface area contributed by atoms with Crippen molar-refractivity contribution in [2.75, 3.05) is 27.3 Å². The molecule has 1 amide bonds. The largest absolute Gasteiger partial charge is 0.493 e. The number of rotatable bonds is 8. The van der Waals surface area contributed by atoms with Gasteiger partial charge in [-0.2, -0.15) is 0 Å². The van der Waals surface area contributed by atoms with Gasteiger partial charge < -0.3 is 19.7 Å². The van der Waals surface area contributed by atoms with Crippen molar-refractivity contribution in [2.45, 2.75) is 38.8 Å². The average molecular weight is 306 g/mol. The molecule has 2 rings (SSSR count). The van der Waals surface area contributed by atoms with Crippen molar-refractivity contribution in [3.05, 3.63) is 23.8 Å². The standard InChI is InChI=1S/C17H26N2O3/c1-4-18-10-9-14-6-8-17(20)19(14)12-13-5-7-15(21-2)16(11-13)22-3/h5,7,11,14,18H,4,6,8-10,12H2,1-3H3/t14-/m1/s1. The quantitative estimate of drug-likeness (QED) is 0.748. The van der Waals surface area contributed by atoms with Gasteiger partial charge in [-0.25, -0.2) is 0 Å². The summed E-state index contributed by atoms with van der Waals surface area (Å²) in [6, 6.07) is 6.17. The Morgan fingerprint density at radius 3 is 2.73 bits per heavy atom. The molecule has 0 unspecified atom stereocenters. The van der Waals surface area contributed by atoms with Crippen LogP contribution in [-0.4, -0.2) is 44.2 Å². The van der Waals surface area contributed by atoms with Crippen molar-refractivity contribution in [1.82, 2.24) is 10.2 Å². The van der Waals surface area contributed by atoms with Gasteiger partial charge in [0.2, 0.25) is 5.91 Å². The number of hydrogen-bond acceptors (Lipinski definition) is 4. The number of likely N-dealkylation sites (tertiary alicyclic amines) is 1. The lowest BCUT2D eigenvalue weighted by Crippen LogP contribution is -2.34. The van der Waals surface area contributed by atoms with E-state index >= 15 is 0 Å². The summed E-state index contributed by atoms with van der Waals surface area (Å²) in [7, 11) is 3.25. The lowest BCUT2D eigenvalue weighted by Gasteiger charge is -2.25. The minimum absolute atomic E-state index is 0.247. The molecule has 1 aromatic carbocycles. The molecule has 0 saturated carbocycles. The molecule has 0 spiro atoms. The van der Waals surface area contributed by atoms with Crippen LogP contribution in [0.25, 0.3) is 0 Å². The van der Waals surface area contributed by atoms with Crippen molar-refractivity contribution in [3.8, 4) is 11.5 Å². The lowest BCUT2D eigenvalue weighted by atomic mass is 10.1. The highest BCUT2D eigenvalue weighted by atomic mass is 16.5. The summed E-state index contributed by atoms with van der Waals surface area (Å²) in [5.74, 6) is 1.66. The minimum atomic E-state index is 0.247. The fourth-order valence-corrected chi connectivity index (χ4v) is 2.93. The maximum atomic E-state index is 12.1. The van der Waals surface area contributed by atoms with E-state index in [2.05, 4.69) is 12.2 Å². The van der Waals surface area contributed by atoms with Gasteiger partial charge in [0.25, 0.3) is 0 Å². The highest BCUT2D eigenvalue weighted by molar-refractivity contribution is 5.78. The molecule has 1 N–H and O–H groups in total. The van der Waals surface area contributed by atoms with Crippen LogP contribution < -0.4 is 14.8 Å². The second-order valence-corrected chi connectivity index (χ2v) is 5.55. The van der Waals surface area contributed by atoms with Crippen molar-refractivity contribution in [2.24, 2.45) is 0 Å². The molecule has 1 aliphatic heterocycles. The van der Waals surface area contributed by atoms with Gasteiger partial charge in [0.15, 0.2) is 11.5 Å². The molecule has 0 aliphatic carbocycles. The third kappa shape index (κ3) is 3.91. The molecule has 122 valence electrons. The third-order valence-corrected chi connectivity index (χ3v) is 4.16. The molecule has 1 saturated heterocycles. The van der Waals surface area contributed by atoms with E-state index in [4.69, 9.17) is 9.47 Å². The predicted octanol–water partition coefficient (Wildman–Crippen LogP) is 2.19. The van der Waals surface area contributed by atoms with Crippen molar-refractivity contribution in [1.29, 1.82) is 0 Å². The Bertz CT molecular complexity index is 505. The number of benzene rings is 1. The summed E-state index contributed by atoms with van der Waals surface area (Å²) in [6.45, 7) is 4.66. The smallest absolute Gasteiger partial charge is 0.223 e. The molecular formula is C17H26N2O3. The highest BCUT2D eigenvalue weighted by Crippen LogP contribution is 2.30. The first-order valence-corrected chi connectivity index (χ1v) is 7.90. The van der Waals surface area contributed by atoms with E-state index in [9.17, 15) is 4.79 Å². The molecule has 1 aromatic rings. The highest BCUT2D eigenvalue weighted by Gasteiger charge is 2.30.